The first-order chi connectivity index (χ1) is 12.6. The number of rotatable bonds is 8. The molecule has 2 amide bonds. The Labute approximate surface area is 158 Å². The summed E-state index contributed by atoms with van der Waals surface area (Å²) in [4.78, 5) is 36.6. The van der Waals surface area contributed by atoms with Crippen molar-refractivity contribution in [2.45, 2.75) is 25.8 Å². The van der Waals surface area contributed by atoms with Gasteiger partial charge in [0.25, 0.3) is 0 Å². The highest BCUT2D eigenvalue weighted by Crippen LogP contribution is 2.36. The molecule has 0 spiro atoms. The second-order valence-corrected chi connectivity index (χ2v) is 7.95. The molecule has 0 radical (unpaired) electrons. The molecule has 0 aromatic heterocycles. The lowest BCUT2D eigenvalue weighted by molar-refractivity contribution is -0.119. The van der Waals surface area contributed by atoms with E-state index in [1.54, 1.807) is 13.0 Å². The fraction of sp³-hybridized carbons (Fsp3) is 0.471. The molecule has 0 aliphatic heterocycles. The highest BCUT2D eigenvalue weighted by molar-refractivity contribution is 7.88. The molecule has 0 saturated carbocycles. The van der Waals surface area contributed by atoms with Gasteiger partial charge in [-0.05, 0) is 12.8 Å². The van der Waals surface area contributed by atoms with Gasteiger partial charge in [-0.15, -0.1) is 5.01 Å². The van der Waals surface area contributed by atoms with Crippen LogP contribution in [0.4, 0.5) is 9.59 Å². The standard InChI is InChI=1S/C17H24N2O7S/c1-5-11-25-15(21)18(16(22)26-12-6-2)19(27(4,23)24)14-9-7-8-10-17(14,3)13-20/h5-7,9,13-14H,1-2,8,10-12H2,3-4H3/t14-,17-/m0/s1. The molecule has 0 bridgehead atoms. The van der Waals surface area contributed by atoms with Crippen molar-refractivity contribution in [1.82, 2.24) is 9.42 Å². The first-order valence-corrected chi connectivity index (χ1v) is 9.95. The number of carbonyl (C=O) groups excluding carboxylic acids is 3. The molecule has 0 aromatic rings. The fourth-order valence-electron chi connectivity index (χ4n) is 2.54. The van der Waals surface area contributed by atoms with Crippen molar-refractivity contribution in [3.05, 3.63) is 37.5 Å². The first-order valence-electron chi connectivity index (χ1n) is 8.10. The third-order valence-corrected chi connectivity index (χ3v) is 4.95. The second kappa shape index (κ2) is 9.47. The van der Waals surface area contributed by atoms with E-state index in [-0.39, 0.29) is 18.2 Å². The van der Waals surface area contributed by atoms with E-state index >= 15 is 0 Å². The minimum absolute atomic E-state index is 0.240. The predicted molar refractivity (Wildman–Crippen MR) is 97.9 cm³/mol. The summed E-state index contributed by atoms with van der Waals surface area (Å²) in [6, 6.07) is -1.12. The summed E-state index contributed by atoms with van der Waals surface area (Å²) in [6.07, 6.45) is 5.41. The summed E-state index contributed by atoms with van der Waals surface area (Å²) in [7, 11) is -4.19. The first kappa shape index (κ1) is 22.6. The Morgan fingerprint density at radius 1 is 1.22 bits per heavy atom. The van der Waals surface area contributed by atoms with E-state index in [9.17, 15) is 22.8 Å². The average molecular weight is 400 g/mol. The van der Waals surface area contributed by atoms with Crippen LogP contribution in [0.25, 0.3) is 0 Å². The summed E-state index contributed by atoms with van der Waals surface area (Å²) in [5.74, 6) is 0. The number of sulfonamides is 1. The second-order valence-electron chi connectivity index (χ2n) is 6.11. The minimum Gasteiger partial charge on any atom is -0.444 e. The van der Waals surface area contributed by atoms with E-state index in [4.69, 9.17) is 9.47 Å². The molecule has 1 aliphatic carbocycles. The number of allylic oxidation sites excluding steroid dienone is 1. The van der Waals surface area contributed by atoms with E-state index in [0.29, 0.717) is 23.5 Å². The van der Waals surface area contributed by atoms with Gasteiger partial charge in [0.05, 0.1) is 12.3 Å². The number of carbonyl (C=O) groups is 3. The van der Waals surface area contributed by atoms with Gasteiger partial charge in [0.1, 0.15) is 19.5 Å². The average Bonchev–Trinajstić information content (AvgIpc) is 2.62. The molecular formula is C17H24N2O7S. The van der Waals surface area contributed by atoms with E-state index in [1.165, 1.54) is 18.2 Å². The Balaban J connectivity index is 3.48. The van der Waals surface area contributed by atoms with Crippen molar-refractivity contribution in [3.8, 4) is 0 Å². The maximum Gasteiger partial charge on any atom is 0.435 e. The zero-order valence-corrected chi connectivity index (χ0v) is 16.2. The molecule has 0 unspecified atom stereocenters. The lowest BCUT2D eigenvalue weighted by Crippen LogP contribution is -2.61. The summed E-state index contributed by atoms with van der Waals surface area (Å²) >= 11 is 0. The molecule has 27 heavy (non-hydrogen) atoms. The maximum atomic E-state index is 12.5. The summed E-state index contributed by atoms with van der Waals surface area (Å²) < 4.78 is 35.2. The number of imide groups is 1. The Morgan fingerprint density at radius 2 is 1.74 bits per heavy atom. The monoisotopic (exact) mass is 400 g/mol. The molecule has 0 heterocycles. The van der Waals surface area contributed by atoms with Crippen molar-refractivity contribution in [3.63, 3.8) is 0 Å². The van der Waals surface area contributed by atoms with Crippen molar-refractivity contribution >= 4 is 28.5 Å². The van der Waals surface area contributed by atoms with Gasteiger partial charge in [0, 0.05) is 5.41 Å². The van der Waals surface area contributed by atoms with Crippen LogP contribution in [0.1, 0.15) is 19.8 Å². The van der Waals surface area contributed by atoms with Crippen LogP contribution in [0, 0.1) is 5.41 Å². The molecule has 0 saturated heterocycles. The number of hydrogen-bond donors (Lipinski definition) is 0. The molecule has 0 N–H and O–H groups in total. The largest absolute Gasteiger partial charge is 0.444 e. The van der Waals surface area contributed by atoms with E-state index in [0.717, 1.165) is 6.26 Å². The van der Waals surface area contributed by atoms with Crippen LogP contribution in [0.5, 0.6) is 0 Å². The van der Waals surface area contributed by atoms with Crippen molar-refractivity contribution in [2.24, 2.45) is 5.41 Å². The molecule has 0 fully saturated rings. The highest BCUT2D eigenvalue weighted by Gasteiger charge is 2.48. The number of hydrogen-bond acceptors (Lipinski definition) is 7. The van der Waals surface area contributed by atoms with Crippen molar-refractivity contribution < 1.29 is 32.3 Å². The summed E-state index contributed by atoms with van der Waals surface area (Å²) in [5.41, 5.74) is -1.16. The number of aldehydes is 1. The number of ether oxygens (including phenoxy) is 2. The number of nitrogens with zero attached hydrogens (tertiary/aromatic N) is 2. The quantitative estimate of drug-likeness (QED) is 0.348. The SMILES string of the molecule is C=CCOC(=O)N(C(=O)OCC=C)N([C@H]1C=CCC[C@@]1(C)C=O)S(C)(=O)=O. The van der Waals surface area contributed by atoms with Gasteiger partial charge in [-0.2, -0.15) is 0 Å². The Hall–Kier alpha value is -2.46. The molecular weight excluding hydrogens is 376 g/mol. The zero-order valence-electron chi connectivity index (χ0n) is 15.4. The minimum atomic E-state index is -4.19. The van der Waals surface area contributed by atoms with Crippen LogP contribution in [-0.4, -0.2) is 61.8 Å². The van der Waals surface area contributed by atoms with Crippen LogP contribution < -0.4 is 0 Å². The Morgan fingerprint density at radius 3 is 2.15 bits per heavy atom. The molecule has 2 atom stereocenters. The van der Waals surface area contributed by atoms with Crippen LogP contribution in [0.15, 0.2) is 37.5 Å². The smallest absolute Gasteiger partial charge is 0.435 e. The maximum absolute atomic E-state index is 12.5. The summed E-state index contributed by atoms with van der Waals surface area (Å²) in [6.45, 7) is 7.82. The summed E-state index contributed by atoms with van der Waals surface area (Å²) in [5, 5.41) is 0.240. The lowest BCUT2D eigenvalue weighted by Gasteiger charge is -2.42. The van der Waals surface area contributed by atoms with Gasteiger partial charge in [-0.1, -0.05) is 48.8 Å². The van der Waals surface area contributed by atoms with Gasteiger partial charge in [-0.25, -0.2) is 18.0 Å². The third kappa shape index (κ3) is 5.51. The highest BCUT2D eigenvalue weighted by atomic mass is 32.2. The van der Waals surface area contributed by atoms with Gasteiger partial charge in [0.15, 0.2) is 0 Å². The van der Waals surface area contributed by atoms with E-state index in [1.807, 2.05) is 0 Å². The molecule has 1 rings (SSSR count). The Bertz CT molecular complexity index is 708. The normalized spacial score (nSPS) is 22.0. The van der Waals surface area contributed by atoms with Gasteiger partial charge >= 0.3 is 12.2 Å². The zero-order chi connectivity index (χ0) is 20.7. The van der Waals surface area contributed by atoms with Gasteiger partial charge < -0.3 is 14.3 Å². The number of amides is 2. The fourth-order valence-corrected chi connectivity index (χ4v) is 3.69. The van der Waals surface area contributed by atoms with E-state index in [2.05, 4.69) is 13.2 Å². The van der Waals surface area contributed by atoms with Crippen LogP contribution in [0.2, 0.25) is 0 Å². The number of hydrazine groups is 1. The van der Waals surface area contributed by atoms with Gasteiger partial charge in [0.2, 0.25) is 10.0 Å². The molecule has 1 aliphatic rings. The molecule has 10 heteroatoms. The van der Waals surface area contributed by atoms with E-state index < -0.39 is 33.7 Å². The van der Waals surface area contributed by atoms with Crippen LogP contribution in [-0.2, 0) is 24.3 Å². The Kier molecular flexibility index (Phi) is 7.92. The van der Waals surface area contributed by atoms with Crippen molar-refractivity contribution in [2.75, 3.05) is 19.5 Å². The van der Waals surface area contributed by atoms with Crippen LogP contribution in [0.3, 0.4) is 0 Å². The van der Waals surface area contributed by atoms with Crippen LogP contribution >= 0.6 is 0 Å². The third-order valence-electron chi connectivity index (χ3n) is 3.88. The predicted octanol–water partition coefficient (Wildman–Crippen LogP) is 2.03. The molecule has 9 nitrogen and oxygen atoms in total. The molecule has 150 valence electrons. The van der Waals surface area contributed by atoms with Crippen molar-refractivity contribution in [1.29, 1.82) is 0 Å². The van der Waals surface area contributed by atoms with Gasteiger partial charge in [-0.3, -0.25) is 0 Å². The topological polar surface area (TPSA) is 110 Å². The molecule has 0 aromatic carbocycles. The lowest BCUT2D eigenvalue weighted by atomic mass is 9.76.